The van der Waals surface area contributed by atoms with Crippen molar-refractivity contribution in [1.82, 2.24) is 14.6 Å². The van der Waals surface area contributed by atoms with Crippen LogP contribution in [0.4, 0.5) is 28.9 Å². The molecule has 14 heteroatoms. The molecule has 0 radical (unpaired) electrons. The van der Waals surface area contributed by atoms with Gasteiger partial charge in [-0.15, -0.1) is 0 Å². The van der Waals surface area contributed by atoms with Crippen molar-refractivity contribution in [2.45, 2.75) is 6.18 Å². The highest BCUT2D eigenvalue weighted by Gasteiger charge is 2.35. The van der Waals surface area contributed by atoms with Gasteiger partial charge >= 0.3 is 6.18 Å². The van der Waals surface area contributed by atoms with Gasteiger partial charge in [0.2, 0.25) is 0 Å². The van der Waals surface area contributed by atoms with Crippen LogP contribution in [0.2, 0.25) is 0 Å². The van der Waals surface area contributed by atoms with Gasteiger partial charge in [-0.25, -0.2) is 13.9 Å². The number of aromatic nitrogens is 3. The first kappa shape index (κ1) is 23.8. The topological polar surface area (TPSA) is 102 Å². The van der Waals surface area contributed by atoms with Gasteiger partial charge in [0.15, 0.2) is 17.0 Å². The van der Waals surface area contributed by atoms with Gasteiger partial charge in [-0.2, -0.15) is 18.3 Å². The number of nitro groups is 1. The standard InChI is InChI=1S/C20H9Br2F4N5O3/c21-12-5-11(31(33)34)6-13(22)18(12)28-19(32)15-8-17-27-14(9-1-3-10(23)4-2-9)7-16(20(24,25)26)30(17)29-15/h1-8H,(H,28,32). The number of nitrogens with one attached hydrogen (secondary N) is 1. The Bertz CT molecular complexity index is 1430. The number of non-ortho nitro benzene ring substituents is 1. The van der Waals surface area contributed by atoms with Crippen LogP contribution in [0.1, 0.15) is 16.2 Å². The third-order valence-corrected chi connectivity index (χ3v) is 5.82. The second-order valence-corrected chi connectivity index (χ2v) is 8.54. The predicted molar refractivity (Wildman–Crippen MR) is 120 cm³/mol. The first-order valence-electron chi connectivity index (χ1n) is 9.13. The molecule has 0 bridgehead atoms. The lowest BCUT2D eigenvalue weighted by Gasteiger charge is -2.11. The summed E-state index contributed by atoms with van der Waals surface area (Å²) in [5.74, 6) is -1.44. The minimum Gasteiger partial charge on any atom is -0.319 e. The molecule has 0 aliphatic heterocycles. The number of hydrogen-bond donors (Lipinski definition) is 1. The van der Waals surface area contributed by atoms with E-state index in [0.717, 1.165) is 36.4 Å². The second kappa shape index (κ2) is 8.76. The molecule has 2 heterocycles. The molecule has 0 aliphatic carbocycles. The highest BCUT2D eigenvalue weighted by Crippen LogP contribution is 2.36. The molecular formula is C20H9Br2F4N5O3. The largest absolute Gasteiger partial charge is 0.433 e. The number of nitro benzene ring substituents is 1. The van der Waals surface area contributed by atoms with E-state index in [0.29, 0.717) is 4.52 Å². The van der Waals surface area contributed by atoms with Crippen LogP contribution < -0.4 is 5.32 Å². The van der Waals surface area contributed by atoms with Crippen molar-refractivity contribution < 1.29 is 27.3 Å². The molecule has 1 N–H and O–H groups in total. The number of carbonyl (C=O) groups excluding carboxylic acids is 1. The summed E-state index contributed by atoms with van der Waals surface area (Å²) in [4.78, 5) is 27.2. The zero-order chi connectivity index (χ0) is 24.8. The van der Waals surface area contributed by atoms with E-state index in [1.54, 1.807) is 0 Å². The molecule has 4 aromatic rings. The molecule has 8 nitrogen and oxygen atoms in total. The number of anilines is 1. The van der Waals surface area contributed by atoms with E-state index in [9.17, 15) is 32.5 Å². The number of fused-ring (bicyclic) bond motifs is 1. The van der Waals surface area contributed by atoms with E-state index in [2.05, 4.69) is 47.3 Å². The molecule has 0 saturated carbocycles. The molecule has 1 amide bonds. The summed E-state index contributed by atoms with van der Waals surface area (Å²) in [6, 6.07) is 8.85. The molecular weight excluding hydrogens is 594 g/mol. The summed E-state index contributed by atoms with van der Waals surface area (Å²) in [6.07, 6.45) is -4.83. The molecule has 0 spiro atoms. The van der Waals surface area contributed by atoms with Crippen molar-refractivity contribution in [3.8, 4) is 11.3 Å². The summed E-state index contributed by atoms with van der Waals surface area (Å²) in [6.45, 7) is 0. The number of halogens is 6. The lowest BCUT2D eigenvalue weighted by atomic mass is 10.1. The Balaban J connectivity index is 1.76. The fourth-order valence-electron chi connectivity index (χ4n) is 3.02. The molecule has 0 aliphatic rings. The Morgan fingerprint density at radius 1 is 1.06 bits per heavy atom. The summed E-state index contributed by atoms with van der Waals surface area (Å²) in [5.41, 5.74) is -1.82. The van der Waals surface area contributed by atoms with E-state index in [1.807, 2.05) is 0 Å². The van der Waals surface area contributed by atoms with Gasteiger partial charge in [0.25, 0.3) is 11.6 Å². The number of rotatable bonds is 4. The van der Waals surface area contributed by atoms with Crippen LogP contribution in [-0.4, -0.2) is 25.4 Å². The Labute approximate surface area is 204 Å². The Morgan fingerprint density at radius 3 is 2.24 bits per heavy atom. The van der Waals surface area contributed by atoms with E-state index >= 15 is 0 Å². The predicted octanol–water partition coefficient (Wildman–Crippen LogP) is 6.24. The summed E-state index contributed by atoms with van der Waals surface area (Å²) < 4.78 is 55.2. The summed E-state index contributed by atoms with van der Waals surface area (Å²) in [5, 5.41) is 17.2. The number of carbonyl (C=O) groups is 1. The monoisotopic (exact) mass is 601 g/mol. The van der Waals surface area contributed by atoms with E-state index in [4.69, 9.17) is 0 Å². The van der Waals surface area contributed by atoms with Gasteiger partial charge in [-0.05, 0) is 62.2 Å². The number of hydrogen-bond acceptors (Lipinski definition) is 5. The number of benzene rings is 2. The van der Waals surface area contributed by atoms with E-state index in [1.165, 1.54) is 12.1 Å². The fraction of sp³-hybridized carbons (Fsp3) is 0.0500. The van der Waals surface area contributed by atoms with Crippen LogP contribution in [0.25, 0.3) is 16.9 Å². The Kier molecular flexibility index (Phi) is 6.12. The maximum absolute atomic E-state index is 13.7. The van der Waals surface area contributed by atoms with Gasteiger partial charge in [-0.1, -0.05) is 0 Å². The van der Waals surface area contributed by atoms with Crippen LogP contribution in [0, 0.1) is 15.9 Å². The van der Waals surface area contributed by atoms with Crippen molar-refractivity contribution in [2.24, 2.45) is 0 Å². The average Bonchev–Trinajstić information content (AvgIpc) is 3.19. The van der Waals surface area contributed by atoms with E-state index in [-0.39, 0.29) is 42.9 Å². The number of nitrogens with zero attached hydrogens (tertiary/aromatic N) is 4. The normalized spacial score (nSPS) is 11.6. The maximum Gasteiger partial charge on any atom is 0.433 e. The zero-order valence-corrected chi connectivity index (χ0v) is 19.6. The smallest absolute Gasteiger partial charge is 0.319 e. The van der Waals surface area contributed by atoms with Crippen molar-refractivity contribution in [2.75, 3.05) is 5.32 Å². The second-order valence-electron chi connectivity index (χ2n) is 6.83. The molecule has 174 valence electrons. The maximum atomic E-state index is 13.7. The van der Waals surface area contributed by atoms with Gasteiger partial charge in [0.05, 0.1) is 16.3 Å². The first-order chi connectivity index (χ1) is 15.9. The first-order valence-corrected chi connectivity index (χ1v) is 10.7. The van der Waals surface area contributed by atoms with Gasteiger partial charge in [-0.3, -0.25) is 14.9 Å². The van der Waals surface area contributed by atoms with Gasteiger partial charge in [0, 0.05) is 32.7 Å². The Morgan fingerprint density at radius 2 is 1.68 bits per heavy atom. The highest BCUT2D eigenvalue weighted by molar-refractivity contribution is 9.11. The van der Waals surface area contributed by atoms with E-state index < -0.39 is 28.5 Å². The number of amides is 1. The lowest BCUT2D eigenvalue weighted by molar-refractivity contribution is -0.385. The third-order valence-electron chi connectivity index (χ3n) is 4.57. The molecule has 2 aromatic heterocycles. The molecule has 0 fully saturated rings. The minimum absolute atomic E-state index is 0.0902. The van der Waals surface area contributed by atoms with Crippen LogP contribution in [-0.2, 0) is 6.18 Å². The van der Waals surface area contributed by atoms with Crippen LogP contribution in [0.15, 0.2) is 57.5 Å². The Hall–Kier alpha value is -3.39. The molecule has 2 aromatic carbocycles. The third kappa shape index (κ3) is 4.63. The van der Waals surface area contributed by atoms with Crippen molar-refractivity contribution in [1.29, 1.82) is 0 Å². The van der Waals surface area contributed by atoms with Crippen LogP contribution in [0.5, 0.6) is 0 Å². The number of alkyl halides is 3. The van der Waals surface area contributed by atoms with Crippen molar-refractivity contribution in [3.05, 3.63) is 84.8 Å². The van der Waals surface area contributed by atoms with Crippen LogP contribution in [0.3, 0.4) is 0 Å². The van der Waals surface area contributed by atoms with Gasteiger partial charge < -0.3 is 5.32 Å². The van der Waals surface area contributed by atoms with Crippen LogP contribution >= 0.6 is 31.9 Å². The van der Waals surface area contributed by atoms with Crippen molar-refractivity contribution in [3.63, 3.8) is 0 Å². The summed E-state index contributed by atoms with van der Waals surface area (Å²) >= 11 is 6.24. The molecule has 0 atom stereocenters. The zero-order valence-electron chi connectivity index (χ0n) is 16.4. The minimum atomic E-state index is -4.83. The molecule has 0 saturated heterocycles. The quantitative estimate of drug-likeness (QED) is 0.169. The lowest BCUT2D eigenvalue weighted by Crippen LogP contribution is -2.16. The molecule has 34 heavy (non-hydrogen) atoms. The highest BCUT2D eigenvalue weighted by atomic mass is 79.9. The molecule has 4 rings (SSSR count). The SMILES string of the molecule is O=C(Nc1c(Br)cc([N+](=O)[O-])cc1Br)c1cc2nc(-c3ccc(F)cc3)cc(C(F)(F)F)n2n1. The fourth-order valence-corrected chi connectivity index (χ4v) is 4.38. The molecule has 0 unspecified atom stereocenters. The average molecular weight is 603 g/mol. The summed E-state index contributed by atoms with van der Waals surface area (Å²) in [7, 11) is 0. The van der Waals surface area contributed by atoms with Gasteiger partial charge in [0.1, 0.15) is 5.82 Å². The van der Waals surface area contributed by atoms with Crippen molar-refractivity contribution >= 4 is 54.8 Å².